The third kappa shape index (κ3) is 29.1. The molecule has 17 nitrogen and oxygen atoms in total. The van der Waals surface area contributed by atoms with Gasteiger partial charge in [-0.1, -0.05) is 20.3 Å². The molecular weight excluding hydrogens is 596 g/mol. The molecule has 45 heavy (non-hydrogen) atoms. The van der Waals surface area contributed by atoms with Crippen LogP contribution in [0.5, 0.6) is 0 Å². The molecule has 0 radical (unpaired) electrons. The van der Waals surface area contributed by atoms with Crippen LogP contribution in [0.2, 0.25) is 0 Å². The van der Waals surface area contributed by atoms with Crippen molar-refractivity contribution in [2.75, 3.05) is 85.6 Å². The van der Waals surface area contributed by atoms with E-state index in [-0.39, 0.29) is 121 Å². The molecule has 0 aliphatic rings. The van der Waals surface area contributed by atoms with Gasteiger partial charge in [-0.25, -0.2) is 5.48 Å². The number of nitrogens with one attached hydrogen (secondary N) is 6. The monoisotopic (exact) mass is 648 g/mol. The first-order valence-electron chi connectivity index (χ1n) is 15.2. The molecule has 0 saturated carbocycles. The topological polar surface area (TPSA) is 232 Å². The maximum atomic E-state index is 11.8. The number of rotatable bonds is 29. The van der Waals surface area contributed by atoms with Crippen LogP contribution >= 0.6 is 0 Å². The Balaban J connectivity index is 3.48. The molecule has 1 atom stereocenters. The SMILES string of the molecule is CCC(C)CCNC(=O)CNC(=O)CCCNC(=O)COCCOCCNC(=O)COCCOCCNC(=O)CCC(=O)NO. The molecule has 7 N–H and O–H groups in total. The smallest absolute Gasteiger partial charge is 0.246 e. The summed E-state index contributed by atoms with van der Waals surface area (Å²) in [7, 11) is 0. The standard InChI is InChI=1S/C28H52N6O11/c1-3-22(2)8-10-30-26(38)19-33-23(35)5-4-9-29-27(39)20-44-17-16-43-14-12-32-28(40)21-45-18-15-42-13-11-31-24(36)6-7-25(37)34-41/h22,41H,3-21H2,1-2H3,(H,29,39)(H,30,38)(H,31,36)(H,32,40)(H,33,35)(H,34,37). The Hall–Kier alpha value is -3.38. The van der Waals surface area contributed by atoms with Gasteiger partial charge in [-0.05, 0) is 18.8 Å². The number of hydroxylamine groups is 1. The van der Waals surface area contributed by atoms with E-state index in [4.69, 9.17) is 24.2 Å². The number of amides is 6. The van der Waals surface area contributed by atoms with Crippen LogP contribution in [0.15, 0.2) is 0 Å². The lowest BCUT2D eigenvalue weighted by atomic mass is 10.1. The summed E-state index contributed by atoms with van der Waals surface area (Å²) >= 11 is 0. The molecule has 0 aromatic heterocycles. The fraction of sp³-hybridized carbons (Fsp3) is 0.786. The van der Waals surface area contributed by atoms with Crippen molar-refractivity contribution in [3.63, 3.8) is 0 Å². The second-order valence-electron chi connectivity index (χ2n) is 9.95. The Morgan fingerprint density at radius 3 is 1.62 bits per heavy atom. The lowest BCUT2D eigenvalue weighted by Crippen LogP contribution is -2.37. The maximum absolute atomic E-state index is 11.8. The van der Waals surface area contributed by atoms with E-state index in [1.807, 2.05) is 0 Å². The predicted molar refractivity (Wildman–Crippen MR) is 161 cm³/mol. The van der Waals surface area contributed by atoms with Crippen LogP contribution in [0.25, 0.3) is 0 Å². The highest BCUT2D eigenvalue weighted by molar-refractivity contribution is 5.84. The first-order chi connectivity index (χ1) is 21.7. The third-order valence-corrected chi connectivity index (χ3v) is 6.06. The minimum Gasteiger partial charge on any atom is -0.377 e. The molecule has 0 spiro atoms. The molecule has 6 amide bonds. The molecular formula is C28H52N6O11. The number of hydrogen-bond donors (Lipinski definition) is 7. The summed E-state index contributed by atoms with van der Waals surface area (Å²) in [6.45, 7) is 6.61. The highest BCUT2D eigenvalue weighted by Crippen LogP contribution is 2.04. The lowest BCUT2D eigenvalue weighted by molar-refractivity contribution is -0.131. The molecule has 0 aliphatic carbocycles. The van der Waals surface area contributed by atoms with Crippen molar-refractivity contribution in [3.05, 3.63) is 0 Å². The Kier molecular flexibility index (Phi) is 27.1. The summed E-state index contributed by atoms with van der Waals surface area (Å²) in [6, 6.07) is 0. The minimum atomic E-state index is -0.638. The molecule has 0 bridgehead atoms. The van der Waals surface area contributed by atoms with Gasteiger partial charge in [0.15, 0.2) is 0 Å². The third-order valence-electron chi connectivity index (χ3n) is 6.06. The first-order valence-corrected chi connectivity index (χ1v) is 15.2. The van der Waals surface area contributed by atoms with Gasteiger partial charge >= 0.3 is 0 Å². The van der Waals surface area contributed by atoms with Crippen LogP contribution in [0.3, 0.4) is 0 Å². The van der Waals surface area contributed by atoms with Gasteiger partial charge in [0.05, 0.1) is 46.2 Å². The van der Waals surface area contributed by atoms with Gasteiger partial charge < -0.3 is 45.5 Å². The van der Waals surface area contributed by atoms with Crippen molar-refractivity contribution in [1.82, 2.24) is 32.1 Å². The summed E-state index contributed by atoms with van der Waals surface area (Å²) in [4.78, 5) is 69.4. The Morgan fingerprint density at radius 1 is 0.556 bits per heavy atom. The Morgan fingerprint density at radius 2 is 1.04 bits per heavy atom. The Labute approximate surface area is 264 Å². The van der Waals surface area contributed by atoms with Gasteiger partial charge in [-0.3, -0.25) is 34.0 Å². The zero-order valence-corrected chi connectivity index (χ0v) is 26.5. The molecule has 0 rings (SSSR count). The van der Waals surface area contributed by atoms with Gasteiger partial charge in [-0.15, -0.1) is 0 Å². The van der Waals surface area contributed by atoms with Crippen LogP contribution in [0.1, 0.15) is 52.4 Å². The van der Waals surface area contributed by atoms with Gasteiger partial charge in [0.2, 0.25) is 35.4 Å². The van der Waals surface area contributed by atoms with E-state index < -0.39 is 5.91 Å². The van der Waals surface area contributed by atoms with Crippen LogP contribution in [-0.2, 0) is 47.7 Å². The van der Waals surface area contributed by atoms with Crippen LogP contribution in [0.4, 0.5) is 0 Å². The van der Waals surface area contributed by atoms with Crippen molar-refractivity contribution in [1.29, 1.82) is 0 Å². The van der Waals surface area contributed by atoms with Crippen molar-refractivity contribution in [2.24, 2.45) is 5.92 Å². The molecule has 0 aromatic rings. The van der Waals surface area contributed by atoms with E-state index in [1.54, 1.807) is 0 Å². The molecule has 260 valence electrons. The minimum absolute atomic E-state index is 0.0442. The second-order valence-corrected chi connectivity index (χ2v) is 9.95. The average molecular weight is 649 g/mol. The average Bonchev–Trinajstić information content (AvgIpc) is 3.03. The summed E-state index contributed by atoms with van der Waals surface area (Å²) in [5.41, 5.74) is 1.45. The summed E-state index contributed by atoms with van der Waals surface area (Å²) < 4.78 is 21.0. The quantitative estimate of drug-likeness (QED) is 0.0270. The van der Waals surface area contributed by atoms with E-state index in [1.165, 1.54) is 5.48 Å². The number of carbonyl (C=O) groups excluding carboxylic acids is 6. The fourth-order valence-corrected chi connectivity index (χ4v) is 3.24. The van der Waals surface area contributed by atoms with Crippen molar-refractivity contribution in [2.45, 2.75) is 52.4 Å². The highest BCUT2D eigenvalue weighted by Gasteiger charge is 2.08. The maximum Gasteiger partial charge on any atom is 0.246 e. The van der Waals surface area contributed by atoms with Crippen LogP contribution < -0.4 is 32.1 Å². The van der Waals surface area contributed by atoms with Crippen LogP contribution in [0, 0.1) is 5.92 Å². The zero-order chi connectivity index (χ0) is 33.5. The van der Waals surface area contributed by atoms with E-state index in [0.717, 1.165) is 12.8 Å². The molecule has 0 aromatic carbocycles. The molecule has 1 unspecified atom stereocenters. The van der Waals surface area contributed by atoms with Crippen molar-refractivity contribution < 1.29 is 52.9 Å². The molecule has 0 heterocycles. The van der Waals surface area contributed by atoms with E-state index in [9.17, 15) is 28.8 Å². The predicted octanol–water partition coefficient (Wildman–Crippen LogP) is -1.86. The highest BCUT2D eigenvalue weighted by atomic mass is 16.5. The number of hydrogen-bond acceptors (Lipinski definition) is 11. The molecule has 17 heteroatoms. The van der Waals surface area contributed by atoms with E-state index in [0.29, 0.717) is 25.4 Å². The van der Waals surface area contributed by atoms with Gasteiger partial charge in [0.25, 0.3) is 0 Å². The van der Waals surface area contributed by atoms with Crippen LogP contribution in [-0.4, -0.2) is 126 Å². The number of ether oxygens (including phenoxy) is 4. The zero-order valence-electron chi connectivity index (χ0n) is 26.5. The van der Waals surface area contributed by atoms with E-state index >= 15 is 0 Å². The fourth-order valence-electron chi connectivity index (χ4n) is 3.24. The van der Waals surface area contributed by atoms with Crippen molar-refractivity contribution >= 4 is 35.4 Å². The molecule has 0 fully saturated rings. The molecule has 0 saturated heterocycles. The Bertz CT molecular complexity index is 863. The summed E-state index contributed by atoms with van der Waals surface area (Å²) in [5.74, 6) is -1.55. The summed E-state index contributed by atoms with van der Waals surface area (Å²) in [6.07, 6.45) is 2.41. The first kappa shape index (κ1) is 41.6. The number of carbonyl (C=O) groups is 6. The van der Waals surface area contributed by atoms with Crippen molar-refractivity contribution in [3.8, 4) is 0 Å². The largest absolute Gasteiger partial charge is 0.377 e. The molecule has 0 aliphatic heterocycles. The van der Waals surface area contributed by atoms with Gasteiger partial charge in [-0.2, -0.15) is 0 Å². The van der Waals surface area contributed by atoms with Gasteiger partial charge in [0, 0.05) is 45.4 Å². The van der Waals surface area contributed by atoms with Gasteiger partial charge in [0.1, 0.15) is 13.2 Å². The lowest BCUT2D eigenvalue weighted by Gasteiger charge is -2.10. The van der Waals surface area contributed by atoms with E-state index in [2.05, 4.69) is 40.4 Å². The summed E-state index contributed by atoms with van der Waals surface area (Å²) in [5, 5.41) is 21.5. The normalized spacial score (nSPS) is 11.3. The second kappa shape index (κ2) is 29.3.